The Labute approximate surface area is 179 Å². The second kappa shape index (κ2) is 8.90. The van der Waals surface area contributed by atoms with Gasteiger partial charge in [-0.1, -0.05) is 37.5 Å². The molecule has 0 radical (unpaired) electrons. The van der Waals surface area contributed by atoms with Gasteiger partial charge in [-0.05, 0) is 45.2 Å². The van der Waals surface area contributed by atoms with E-state index in [9.17, 15) is 4.79 Å². The lowest BCUT2D eigenvalue weighted by atomic mass is 9.79. The van der Waals surface area contributed by atoms with Crippen molar-refractivity contribution < 1.29 is 9.53 Å². The number of rotatable bonds is 5. The molecular formula is C24H34N4O2. The maximum atomic E-state index is 13.6. The van der Waals surface area contributed by atoms with E-state index in [0.29, 0.717) is 13.2 Å². The van der Waals surface area contributed by atoms with Crippen LogP contribution in [0.15, 0.2) is 30.5 Å². The maximum absolute atomic E-state index is 13.6. The minimum atomic E-state index is -0.393. The van der Waals surface area contributed by atoms with E-state index < -0.39 is 5.54 Å². The molecule has 2 aromatic rings. The predicted molar refractivity (Wildman–Crippen MR) is 118 cm³/mol. The third kappa shape index (κ3) is 3.91. The predicted octanol–water partition coefficient (Wildman–Crippen LogP) is 3.70. The zero-order chi connectivity index (χ0) is 21.1. The summed E-state index contributed by atoms with van der Waals surface area (Å²) in [5, 5.41) is 7.98. The second-order valence-corrected chi connectivity index (χ2v) is 8.77. The molecule has 1 aromatic heterocycles. The van der Waals surface area contributed by atoms with Crippen molar-refractivity contribution in [3.8, 4) is 5.69 Å². The number of carbonyl (C=O) groups excluding carboxylic acids is 1. The van der Waals surface area contributed by atoms with Crippen molar-refractivity contribution in [2.75, 3.05) is 26.3 Å². The third-order valence-electron chi connectivity index (χ3n) is 6.93. The van der Waals surface area contributed by atoms with Gasteiger partial charge in [-0.25, -0.2) is 4.68 Å². The molecule has 0 unspecified atom stereocenters. The number of para-hydroxylation sites is 1. The van der Waals surface area contributed by atoms with Gasteiger partial charge in [-0.15, -0.1) is 0 Å². The van der Waals surface area contributed by atoms with E-state index in [0.717, 1.165) is 55.7 Å². The van der Waals surface area contributed by atoms with Crippen molar-refractivity contribution in [2.45, 2.75) is 64.5 Å². The van der Waals surface area contributed by atoms with Crippen molar-refractivity contribution in [3.05, 3.63) is 47.3 Å². The molecule has 2 aliphatic rings. The van der Waals surface area contributed by atoms with Crippen LogP contribution in [0.4, 0.5) is 0 Å². The quantitative estimate of drug-likeness (QED) is 0.817. The third-order valence-corrected chi connectivity index (χ3v) is 6.93. The summed E-state index contributed by atoms with van der Waals surface area (Å²) in [5.74, 6) is 0.166. The van der Waals surface area contributed by atoms with Gasteiger partial charge in [0.15, 0.2) is 0 Å². The van der Waals surface area contributed by atoms with E-state index >= 15 is 0 Å². The Kier molecular flexibility index (Phi) is 6.25. The number of benzene rings is 1. The van der Waals surface area contributed by atoms with Crippen LogP contribution in [0.1, 0.15) is 61.9 Å². The number of hydrogen-bond acceptors (Lipinski definition) is 4. The number of carbonyl (C=O) groups is 1. The fourth-order valence-electron chi connectivity index (χ4n) is 5.11. The minimum absolute atomic E-state index is 0.0879. The van der Waals surface area contributed by atoms with Crippen LogP contribution in [-0.2, 0) is 9.53 Å². The molecule has 162 valence electrons. The van der Waals surface area contributed by atoms with Crippen LogP contribution < -0.4 is 5.32 Å². The number of hydrogen-bond donors (Lipinski definition) is 1. The molecule has 1 atom stereocenters. The van der Waals surface area contributed by atoms with Gasteiger partial charge in [0.1, 0.15) is 5.54 Å². The van der Waals surface area contributed by atoms with Crippen LogP contribution in [0.25, 0.3) is 5.69 Å². The van der Waals surface area contributed by atoms with Crippen LogP contribution in [0.2, 0.25) is 0 Å². The van der Waals surface area contributed by atoms with Gasteiger partial charge < -0.3 is 10.1 Å². The van der Waals surface area contributed by atoms with E-state index in [1.165, 1.54) is 12.0 Å². The number of aromatic nitrogens is 2. The fourth-order valence-corrected chi connectivity index (χ4v) is 5.11. The molecule has 30 heavy (non-hydrogen) atoms. The van der Waals surface area contributed by atoms with Crippen molar-refractivity contribution in [1.29, 1.82) is 0 Å². The number of morpholine rings is 1. The zero-order valence-electron chi connectivity index (χ0n) is 18.5. The highest BCUT2D eigenvalue weighted by Gasteiger charge is 2.45. The fraction of sp³-hybridized carbons (Fsp3) is 0.583. The van der Waals surface area contributed by atoms with E-state index in [-0.39, 0.29) is 11.9 Å². The standard InChI is InChI=1S/C24H34N4O2/c1-18-9-5-6-10-22(18)28-20(3)21(17-25-28)19(2)26-23(29)24(11-7-4-8-12-24)27-13-15-30-16-14-27/h5-6,9-10,17,19H,4,7-8,11-16H2,1-3H3,(H,26,29)/t19-/m0/s1. The maximum Gasteiger partial charge on any atom is 0.241 e. The first kappa shape index (κ1) is 21.1. The van der Waals surface area contributed by atoms with Crippen molar-refractivity contribution in [1.82, 2.24) is 20.0 Å². The highest BCUT2D eigenvalue weighted by Crippen LogP contribution is 2.35. The lowest BCUT2D eigenvalue weighted by Crippen LogP contribution is -2.62. The van der Waals surface area contributed by atoms with Crippen LogP contribution in [0, 0.1) is 13.8 Å². The molecule has 0 bridgehead atoms. The zero-order valence-corrected chi connectivity index (χ0v) is 18.5. The van der Waals surface area contributed by atoms with Gasteiger partial charge in [-0.3, -0.25) is 9.69 Å². The average Bonchev–Trinajstić information content (AvgIpc) is 3.16. The number of aryl methyl sites for hydroxylation is 1. The van der Waals surface area contributed by atoms with E-state index in [2.05, 4.69) is 48.2 Å². The number of nitrogens with one attached hydrogen (secondary N) is 1. The van der Waals surface area contributed by atoms with Gasteiger partial charge >= 0.3 is 0 Å². The average molecular weight is 411 g/mol. The summed E-state index contributed by atoms with van der Waals surface area (Å²) in [4.78, 5) is 16.0. The Hall–Kier alpha value is -2.18. The van der Waals surface area contributed by atoms with Crippen molar-refractivity contribution in [2.24, 2.45) is 0 Å². The molecule has 1 aliphatic carbocycles. The van der Waals surface area contributed by atoms with Gasteiger partial charge in [0.25, 0.3) is 0 Å². The van der Waals surface area contributed by atoms with Crippen LogP contribution in [0.5, 0.6) is 0 Å². The summed E-state index contributed by atoms with van der Waals surface area (Å²) >= 11 is 0. The highest BCUT2D eigenvalue weighted by atomic mass is 16.5. The molecular weight excluding hydrogens is 376 g/mol. The molecule has 1 saturated carbocycles. The topological polar surface area (TPSA) is 59.4 Å². The lowest BCUT2D eigenvalue weighted by Gasteiger charge is -2.47. The Bertz CT molecular complexity index is 879. The summed E-state index contributed by atoms with van der Waals surface area (Å²) in [6.07, 6.45) is 7.22. The molecule has 2 fully saturated rings. The summed E-state index contributed by atoms with van der Waals surface area (Å²) in [7, 11) is 0. The van der Waals surface area contributed by atoms with Crippen molar-refractivity contribution in [3.63, 3.8) is 0 Å². The summed E-state index contributed by atoms with van der Waals surface area (Å²) in [6, 6.07) is 8.16. The number of ether oxygens (including phenoxy) is 1. The molecule has 1 saturated heterocycles. The molecule has 1 N–H and O–H groups in total. The van der Waals surface area contributed by atoms with E-state index in [4.69, 9.17) is 4.74 Å². The molecule has 2 heterocycles. The van der Waals surface area contributed by atoms with Gasteiger partial charge in [-0.2, -0.15) is 5.10 Å². The van der Waals surface area contributed by atoms with Crippen LogP contribution >= 0.6 is 0 Å². The van der Waals surface area contributed by atoms with E-state index in [1.54, 1.807) is 0 Å². The first-order valence-corrected chi connectivity index (χ1v) is 11.3. The first-order chi connectivity index (χ1) is 14.5. The lowest BCUT2D eigenvalue weighted by molar-refractivity contribution is -0.140. The molecule has 6 heteroatoms. The molecule has 0 spiro atoms. The van der Waals surface area contributed by atoms with Gasteiger partial charge in [0, 0.05) is 24.3 Å². The molecule has 1 amide bonds. The Morgan fingerprint density at radius 1 is 1.13 bits per heavy atom. The normalized spacial score (nSPS) is 20.6. The van der Waals surface area contributed by atoms with E-state index in [1.807, 2.05) is 23.0 Å². The van der Waals surface area contributed by atoms with Crippen LogP contribution in [0.3, 0.4) is 0 Å². The first-order valence-electron chi connectivity index (χ1n) is 11.3. The molecule has 6 nitrogen and oxygen atoms in total. The number of nitrogens with zero attached hydrogens (tertiary/aromatic N) is 3. The summed E-state index contributed by atoms with van der Waals surface area (Å²) < 4.78 is 7.53. The highest BCUT2D eigenvalue weighted by molar-refractivity contribution is 5.87. The van der Waals surface area contributed by atoms with Crippen LogP contribution in [-0.4, -0.2) is 52.4 Å². The smallest absolute Gasteiger partial charge is 0.241 e. The Morgan fingerprint density at radius 3 is 2.53 bits per heavy atom. The van der Waals surface area contributed by atoms with Gasteiger partial charge in [0.2, 0.25) is 5.91 Å². The molecule has 1 aromatic carbocycles. The largest absolute Gasteiger partial charge is 0.379 e. The molecule has 4 rings (SSSR count). The Morgan fingerprint density at radius 2 is 1.83 bits per heavy atom. The monoisotopic (exact) mass is 410 g/mol. The second-order valence-electron chi connectivity index (χ2n) is 8.77. The number of amides is 1. The van der Waals surface area contributed by atoms with Crippen molar-refractivity contribution >= 4 is 5.91 Å². The Balaban J connectivity index is 1.55. The summed E-state index contributed by atoms with van der Waals surface area (Å²) in [5.41, 5.74) is 4.01. The SMILES string of the molecule is Cc1ccccc1-n1ncc([C@H](C)NC(=O)C2(N3CCOCC3)CCCCC2)c1C. The molecule has 1 aliphatic heterocycles. The van der Waals surface area contributed by atoms with Gasteiger partial charge in [0.05, 0.1) is 31.1 Å². The summed E-state index contributed by atoms with van der Waals surface area (Å²) in [6.45, 7) is 9.35. The minimum Gasteiger partial charge on any atom is -0.379 e.